The third kappa shape index (κ3) is 1.93. The number of fused-ring (bicyclic) bond motifs is 1. The molecule has 1 saturated heterocycles. The maximum absolute atomic E-state index is 8.77. The minimum Gasteiger partial charge on any atom is -0.396 e. The summed E-state index contributed by atoms with van der Waals surface area (Å²) in [7, 11) is 0. The topological polar surface area (TPSA) is 41.5 Å². The summed E-state index contributed by atoms with van der Waals surface area (Å²) in [5.74, 6) is 0.701. The van der Waals surface area contributed by atoms with E-state index in [-0.39, 0.29) is 12.0 Å². The monoisotopic (exact) mass is 213 g/mol. The van der Waals surface area contributed by atoms with Crippen molar-refractivity contribution >= 4 is 0 Å². The molecule has 2 rings (SSSR count). The van der Waals surface area contributed by atoms with Gasteiger partial charge in [-0.05, 0) is 25.8 Å². The van der Waals surface area contributed by atoms with Crippen molar-refractivity contribution in [2.24, 2.45) is 11.3 Å². The second-order valence-corrected chi connectivity index (χ2v) is 5.43. The fraction of sp³-hybridized carbons (Fsp3) is 1.00. The summed E-state index contributed by atoms with van der Waals surface area (Å²) < 4.78 is 5.84. The number of aliphatic hydroxyl groups excluding tert-OH is 1. The van der Waals surface area contributed by atoms with Crippen molar-refractivity contribution in [2.45, 2.75) is 45.3 Å². The highest BCUT2D eigenvalue weighted by molar-refractivity contribution is 5.10. The second kappa shape index (κ2) is 4.40. The van der Waals surface area contributed by atoms with E-state index in [0.717, 1.165) is 19.6 Å². The summed E-state index contributed by atoms with van der Waals surface area (Å²) >= 11 is 0. The molecule has 3 heteroatoms. The zero-order chi connectivity index (χ0) is 10.9. The second-order valence-electron chi connectivity index (χ2n) is 5.43. The number of nitrogens with one attached hydrogen (secondary N) is 1. The van der Waals surface area contributed by atoms with Gasteiger partial charge in [0.05, 0.1) is 6.10 Å². The molecule has 0 aromatic rings. The average molecular weight is 213 g/mol. The van der Waals surface area contributed by atoms with Crippen LogP contribution in [0.25, 0.3) is 0 Å². The predicted molar refractivity (Wildman–Crippen MR) is 59.7 cm³/mol. The summed E-state index contributed by atoms with van der Waals surface area (Å²) in [6, 6.07) is 0.578. The summed E-state index contributed by atoms with van der Waals surface area (Å²) in [5, 5.41) is 12.3. The van der Waals surface area contributed by atoms with Gasteiger partial charge in [0.15, 0.2) is 0 Å². The SMILES string of the molecule is CC1(C)C(NCCCO)C2CCCOC21. The molecule has 3 unspecified atom stereocenters. The van der Waals surface area contributed by atoms with Gasteiger partial charge in [-0.1, -0.05) is 13.8 Å². The first-order chi connectivity index (χ1) is 7.18. The van der Waals surface area contributed by atoms with Gasteiger partial charge in [-0.25, -0.2) is 0 Å². The fourth-order valence-corrected chi connectivity index (χ4v) is 3.27. The Morgan fingerprint density at radius 3 is 3.00 bits per heavy atom. The number of ether oxygens (including phenoxy) is 1. The van der Waals surface area contributed by atoms with E-state index in [0.29, 0.717) is 18.1 Å². The van der Waals surface area contributed by atoms with Crippen LogP contribution in [0, 0.1) is 11.3 Å². The van der Waals surface area contributed by atoms with Crippen molar-refractivity contribution in [1.29, 1.82) is 0 Å². The van der Waals surface area contributed by atoms with Crippen LogP contribution < -0.4 is 5.32 Å². The highest BCUT2D eigenvalue weighted by Crippen LogP contribution is 2.51. The van der Waals surface area contributed by atoms with E-state index in [4.69, 9.17) is 9.84 Å². The van der Waals surface area contributed by atoms with E-state index in [2.05, 4.69) is 19.2 Å². The molecule has 0 radical (unpaired) electrons. The lowest BCUT2D eigenvalue weighted by molar-refractivity contribution is -0.192. The van der Waals surface area contributed by atoms with Crippen molar-refractivity contribution in [3.05, 3.63) is 0 Å². The van der Waals surface area contributed by atoms with Crippen LogP contribution >= 0.6 is 0 Å². The summed E-state index contributed by atoms with van der Waals surface area (Å²) in [4.78, 5) is 0. The molecule has 0 aromatic carbocycles. The Labute approximate surface area is 92.2 Å². The van der Waals surface area contributed by atoms with Gasteiger partial charge in [0.2, 0.25) is 0 Å². The number of hydrogen-bond donors (Lipinski definition) is 2. The first kappa shape index (κ1) is 11.4. The lowest BCUT2D eigenvalue weighted by Crippen LogP contribution is -2.69. The average Bonchev–Trinajstić information content (AvgIpc) is 2.24. The summed E-state index contributed by atoms with van der Waals surface area (Å²) in [6.07, 6.45) is 3.81. The van der Waals surface area contributed by atoms with Crippen LogP contribution in [0.2, 0.25) is 0 Å². The Hall–Kier alpha value is -0.120. The molecule has 0 bridgehead atoms. The minimum atomic E-state index is 0.264. The maximum Gasteiger partial charge on any atom is 0.0684 e. The van der Waals surface area contributed by atoms with Crippen molar-refractivity contribution in [2.75, 3.05) is 19.8 Å². The van der Waals surface area contributed by atoms with Gasteiger partial charge in [0, 0.05) is 30.6 Å². The highest BCUT2D eigenvalue weighted by Gasteiger charge is 2.57. The molecule has 2 fully saturated rings. The Balaban J connectivity index is 1.87. The van der Waals surface area contributed by atoms with Crippen molar-refractivity contribution in [3.63, 3.8) is 0 Å². The minimum absolute atomic E-state index is 0.264. The van der Waals surface area contributed by atoms with E-state index in [1.165, 1.54) is 12.8 Å². The van der Waals surface area contributed by atoms with E-state index in [1.54, 1.807) is 0 Å². The molecule has 88 valence electrons. The van der Waals surface area contributed by atoms with Gasteiger partial charge in [-0.3, -0.25) is 0 Å². The Kier molecular flexibility index (Phi) is 3.33. The van der Waals surface area contributed by atoms with E-state index >= 15 is 0 Å². The van der Waals surface area contributed by atoms with Crippen LogP contribution in [-0.2, 0) is 4.74 Å². The largest absolute Gasteiger partial charge is 0.396 e. The normalized spacial score (nSPS) is 38.2. The van der Waals surface area contributed by atoms with Crippen LogP contribution in [0.3, 0.4) is 0 Å². The zero-order valence-electron chi connectivity index (χ0n) is 9.83. The van der Waals surface area contributed by atoms with Gasteiger partial charge < -0.3 is 15.2 Å². The third-order valence-corrected chi connectivity index (χ3v) is 4.03. The van der Waals surface area contributed by atoms with Crippen LogP contribution in [0.4, 0.5) is 0 Å². The third-order valence-electron chi connectivity index (χ3n) is 4.03. The molecule has 0 spiro atoms. The molecular formula is C12H23NO2. The Morgan fingerprint density at radius 1 is 1.47 bits per heavy atom. The fourth-order valence-electron chi connectivity index (χ4n) is 3.27. The van der Waals surface area contributed by atoms with Crippen molar-refractivity contribution < 1.29 is 9.84 Å². The smallest absolute Gasteiger partial charge is 0.0684 e. The Bertz CT molecular complexity index is 218. The lowest BCUT2D eigenvalue weighted by Gasteiger charge is -2.60. The van der Waals surface area contributed by atoms with Crippen LogP contribution in [0.5, 0.6) is 0 Å². The number of rotatable bonds is 4. The molecule has 3 atom stereocenters. The molecule has 1 aliphatic heterocycles. The van der Waals surface area contributed by atoms with Crippen LogP contribution in [0.15, 0.2) is 0 Å². The highest BCUT2D eigenvalue weighted by atomic mass is 16.5. The molecule has 2 N–H and O–H groups in total. The molecule has 1 saturated carbocycles. The quantitative estimate of drug-likeness (QED) is 0.689. The molecule has 3 nitrogen and oxygen atoms in total. The van der Waals surface area contributed by atoms with Gasteiger partial charge >= 0.3 is 0 Å². The predicted octanol–water partition coefficient (Wildman–Crippen LogP) is 1.16. The van der Waals surface area contributed by atoms with Gasteiger partial charge in [0.25, 0.3) is 0 Å². The maximum atomic E-state index is 8.77. The standard InChI is InChI=1S/C12H23NO2/c1-12(2)10(13-6-4-7-14)9-5-3-8-15-11(9)12/h9-11,13-14H,3-8H2,1-2H3. The first-order valence-electron chi connectivity index (χ1n) is 6.14. The van der Waals surface area contributed by atoms with Crippen LogP contribution in [0.1, 0.15) is 33.1 Å². The Morgan fingerprint density at radius 2 is 2.27 bits per heavy atom. The van der Waals surface area contributed by atoms with E-state index in [9.17, 15) is 0 Å². The molecule has 1 heterocycles. The van der Waals surface area contributed by atoms with Crippen LogP contribution in [-0.4, -0.2) is 37.0 Å². The van der Waals surface area contributed by atoms with Gasteiger partial charge in [-0.15, -0.1) is 0 Å². The molecular weight excluding hydrogens is 190 g/mol. The van der Waals surface area contributed by atoms with Crippen molar-refractivity contribution in [1.82, 2.24) is 5.32 Å². The van der Waals surface area contributed by atoms with Gasteiger partial charge in [0.1, 0.15) is 0 Å². The number of hydrogen-bond acceptors (Lipinski definition) is 3. The molecule has 0 aromatic heterocycles. The molecule has 2 aliphatic rings. The molecule has 0 amide bonds. The number of aliphatic hydroxyl groups is 1. The zero-order valence-corrected chi connectivity index (χ0v) is 9.83. The summed E-state index contributed by atoms with van der Waals surface area (Å²) in [5.41, 5.74) is 0.264. The lowest BCUT2D eigenvalue weighted by atomic mass is 9.55. The van der Waals surface area contributed by atoms with Gasteiger partial charge in [-0.2, -0.15) is 0 Å². The van der Waals surface area contributed by atoms with E-state index < -0.39 is 0 Å². The first-order valence-corrected chi connectivity index (χ1v) is 6.14. The van der Waals surface area contributed by atoms with E-state index in [1.807, 2.05) is 0 Å². The molecule has 1 aliphatic carbocycles. The van der Waals surface area contributed by atoms with Crippen molar-refractivity contribution in [3.8, 4) is 0 Å². The molecule has 15 heavy (non-hydrogen) atoms. The summed E-state index contributed by atoms with van der Waals surface area (Å²) in [6.45, 7) is 6.72.